The molecule has 4 heteroatoms. The fourth-order valence-corrected chi connectivity index (χ4v) is 1.61. The number of hydrogen-bond acceptors (Lipinski definition) is 2. The summed E-state index contributed by atoms with van der Waals surface area (Å²) in [5.41, 5.74) is 1.82. The minimum atomic E-state index is -0.476. The highest BCUT2D eigenvalue weighted by molar-refractivity contribution is 5.29. The van der Waals surface area contributed by atoms with Gasteiger partial charge in [-0.25, -0.2) is 9.67 Å². The van der Waals surface area contributed by atoms with E-state index in [-0.39, 0.29) is 0 Å². The number of nitrogens with zero attached hydrogens (tertiary/aromatic N) is 3. The lowest BCUT2D eigenvalue weighted by atomic mass is 10.3. The Bertz CT molecular complexity index is 488. The number of halogens is 1. The van der Waals surface area contributed by atoms with Crippen LogP contribution in [-0.2, 0) is 0 Å². The number of rotatable bonds is 2. The van der Waals surface area contributed by atoms with E-state index in [0.717, 1.165) is 11.4 Å². The van der Waals surface area contributed by atoms with E-state index in [1.54, 1.807) is 10.7 Å². The number of hydrogen-bond donors (Lipinski definition) is 0. The SMILES string of the molecule is Fc1cc(-n2ccc(C3CC3)n2)ccn1. The smallest absolute Gasteiger partial charge is 0.214 e. The first-order valence-electron chi connectivity index (χ1n) is 5.00. The van der Waals surface area contributed by atoms with Gasteiger partial charge in [-0.3, -0.25) is 0 Å². The van der Waals surface area contributed by atoms with E-state index < -0.39 is 5.95 Å². The van der Waals surface area contributed by atoms with Crippen molar-refractivity contribution in [2.75, 3.05) is 0 Å². The van der Waals surface area contributed by atoms with Crippen LogP contribution in [0.4, 0.5) is 4.39 Å². The van der Waals surface area contributed by atoms with Crippen LogP contribution in [-0.4, -0.2) is 14.8 Å². The summed E-state index contributed by atoms with van der Waals surface area (Å²) in [5, 5.41) is 4.41. The molecule has 0 spiro atoms. The van der Waals surface area contributed by atoms with E-state index in [1.165, 1.54) is 25.1 Å². The summed E-state index contributed by atoms with van der Waals surface area (Å²) in [6.45, 7) is 0. The number of pyridine rings is 1. The minimum Gasteiger partial charge on any atom is -0.240 e. The fraction of sp³-hybridized carbons (Fsp3) is 0.273. The molecular weight excluding hydrogens is 193 g/mol. The Balaban J connectivity index is 1.97. The van der Waals surface area contributed by atoms with Crippen molar-refractivity contribution < 1.29 is 4.39 Å². The molecule has 0 bridgehead atoms. The van der Waals surface area contributed by atoms with Gasteiger partial charge in [0.2, 0.25) is 5.95 Å². The van der Waals surface area contributed by atoms with Crippen molar-refractivity contribution in [2.45, 2.75) is 18.8 Å². The molecule has 2 aromatic rings. The van der Waals surface area contributed by atoms with E-state index in [9.17, 15) is 4.39 Å². The third-order valence-corrected chi connectivity index (χ3v) is 2.58. The summed E-state index contributed by atoms with van der Waals surface area (Å²) >= 11 is 0. The lowest BCUT2D eigenvalue weighted by Crippen LogP contribution is -1.97. The lowest BCUT2D eigenvalue weighted by molar-refractivity contribution is 0.581. The maximum absolute atomic E-state index is 12.9. The van der Waals surface area contributed by atoms with Crippen LogP contribution in [0.5, 0.6) is 0 Å². The molecule has 0 radical (unpaired) electrons. The van der Waals surface area contributed by atoms with Crippen LogP contribution in [0.15, 0.2) is 30.6 Å². The van der Waals surface area contributed by atoms with Crippen molar-refractivity contribution in [3.63, 3.8) is 0 Å². The maximum atomic E-state index is 12.9. The van der Waals surface area contributed by atoms with Crippen molar-refractivity contribution in [1.82, 2.24) is 14.8 Å². The molecule has 3 rings (SSSR count). The van der Waals surface area contributed by atoms with Crippen LogP contribution in [0, 0.1) is 5.95 Å². The van der Waals surface area contributed by atoms with Crippen LogP contribution in [0.25, 0.3) is 5.69 Å². The molecule has 3 nitrogen and oxygen atoms in total. The molecule has 2 heterocycles. The van der Waals surface area contributed by atoms with Crippen LogP contribution in [0.2, 0.25) is 0 Å². The Labute approximate surface area is 86.6 Å². The zero-order valence-corrected chi connectivity index (χ0v) is 8.10. The molecule has 1 aliphatic carbocycles. The van der Waals surface area contributed by atoms with Crippen LogP contribution >= 0.6 is 0 Å². The van der Waals surface area contributed by atoms with Crippen molar-refractivity contribution in [1.29, 1.82) is 0 Å². The largest absolute Gasteiger partial charge is 0.240 e. The van der Waals surface area contributed by atoms with Gasteiger partial charge in [-0.2, -0.15) is 9.49 Å². The van der Waals surface area contributed by atoms with Crippen molar-refractivity contribution in [2.24, 2.45) is 0 Å². The second-order valence-corrected chi connectivity index (χ2v) is 3.80. The maximum Gasteiger partial charge on any atom is 0.214 e. The van der Waals surface area contributed by atoms with Crippen LogP contribution in [0.1, 0.15) is 24.5 Å². The first-order chi connectivity index (χ1) is 7.33. The van der Waals surface area contributed by atoms with Gasteiger partial charge in [0.05, 0.1) is 11.4 Å². The Morgan fingerprint density at radius 2 is 2.20 bits per heavy atom. The van der Waals surface area contributed by atoms with E-state index >= 15 is 0 Å². The summed E-state index contributed by atoms with van der Waals surface area (Å²) in [6.07, 6.45) is 5.76. The number of aromatic nitrogens is 3. The van der Waals surface area contributed by atoms with Gasteiger partial charge in [0.25, 0.3) is 0 Å². The van der Waals surface area contributed by atoms with Crippen molar-refractivity contribution >= 4 is 0 Å². The molecule has 0 aromatic carbocycles. The molecule has 0 unspecified atom stereocenters. The van der Waals surface area contributed by atoms with Gasteiger partial charge in [0.15, 0.2) is 0 Å². The van der Waals surface area contributed by atoms with Crippen molar-refractivity contribution in [3.05, 3.63) is 42.2 Å². The van der Waals surface area contributed by atoms with E-state index in [0.29, 0.717) is 5.92 Å². The predicted octanol–water partition coefficient (Wildman–Crippen LogP) is 2.28. The molecule has 2 aromatic heterocycles. The van der Waals surface area contributed by atoms with E-state index in [1.807, 2.05) is 12.3 Å². The monoisotopic (exact) mass is 203 g/mol. The summed E-state index contributed by atoms with van der Waals surface area (Å²) < 4.78 is 14.6. The highest BCUT2D eigenvalue weighted by atomic mass is 19.1. The summed E-state index contributed by atoms with van der Waals surface area (Å²) in [4.78, 5) is 3.51. The van der Waals surface area contributed by atoms with Crippen molar-refractivity contribution in [3.8, 4) is 5.69 Å². The Morgan fingerprint density at radius 1 is 1.33 bits per heavy atom. The topological polar surface area (TPSA) is 30.7 Å². The quantitative estimate of drug-likeness (QED) is 0.701. The molecular formula is C11H10FN3. The van der Waals surface area contributed by atoms with Gasteiger partial charge in [0, 0.05) is 24.4 Å². The van der Waals surface area contributed by atoms with Gasteiger partial charge in [-0.05, 0) is 25.0 Å². The second kappa shape index (κ2) is 3.15. The van der Waals surface area contributed by atoms with Gasteiger partial charge in [-0.15, -0.1) is 0 Å². The Kier molecular flexibility index (Phi) is 1.80. The lowest BCUT2D eigenvalue weighted by Gasteiger charge is -1.99. The Morgan fingerprint density at radius 3 is 2.93 bits per heavy atom. The highest BCUT2D eigenvalue weighted by Crippen LogP contribution is 2.38. The molecule has 1 fully saturated rings. The molecule has 1 saturated carbocycles. The zero-order chi connectivity index (χ0) is 10.3. The van der Waals surface area contributed by atoms with Crippen LogP contribution in [0.3, 0.4) is 0 Å². The molecule has 0 aliphatic heterocycles. The highest BCUT2D eigenvalue weighted by Gasteiger charge is 2.25. The average molecular weight is 203 g/mol. The molecule has 1 aliphatic rings. The zero-order valence-electron chi connectivity index (χ0n) is 8.10. The molecule has 0 saturated heterocycles. The second-order valence-electron chi connectivity index (χ2n) is 3.80. The van der Waals surface area contributed by atoms with E-state index in [2.05, 4.69) is 10.1 Å². The summed E-state index contributed by atoms with van der Waals surface area (Å²) in [6, 6.07) is 5.12. The normalized spacial score (nSPS) is 15.5. The third-order valence-electron chi connectivity index (χ3n) is 2.58. The minimum absolute atomic E-state index is 0.476. The van der Waals surface area contributed by atoms with Gasteiger partial charge in [0.1, 0.15) is 0 Å². The first-order valence-corrected chi connectivity index (χ1v) is 5.00. The molecule has 15 heavy (non-hydrogen) atoms. The van der Waals surface area contributed by atoms with Gasteiger partial charge in [-0.1, -0.05) is 0 Å². The molecule has 0 amide bonds. The average Bonchev–Trinajstić information content (AvgIpc) is 2.97. The van der Waals surface area contributed by atoms with Gasteiger partial charge < -0.3 is 0 Å². The Hall–Kier alpha value is -1.71. The third kappa shape index (κ3) is 1.63. The fourth-order valence-electron chi connectivity index (χ4n) is 1.61. The van der Waals surface area contributed by atoms with Crippen LogP contribution < -0.4 is 0 Å². The summed E-state index contributed by atoms with van der Waals surface area (Å²) in [5.74, 6) is 0.147. The first kappa shape index (κ1) is 8.59. The molecule has 76 valence electrons. The molecule has 0 N–H and O–H groups in total. The predicted molar refractivity (Wildman–Crippen MR) is 53.3 cm³/mol. The van der Waals surface area contributed by atoms with E-state index in [4.69, 9.17) is 0 Å². The summed E-state index contributed by atoms with van der Waals surface area (Å²) in [7, 11) is 0. The molecule has 0 atom stereocenters. The standard InChI is InChI=1S/C11H10FN3/c12-11-7-9(3-5-13-11)15-6-4-10(14-15)8-1-2-8/h3-8H,1-2H2. The van der Waals surface area contributed by atoms with Gasteiger partial charge >= 0.3 is 0 Å².